The molecule has 0 unspecified atom stereocenters. The van der Waals surface area contributed by atoms with Gasteiger partial charge in [-0.3, -0.25) is 0 Å². The Bertz CT molecular complexity index is 2030. The van der Waals surface area contributed by atoms with E-state index in [1.54, 1.807) is 6.07 Å². The molecule has 6 rings (SSSR count). The lowest BCUT2D eigenvalue weighted by atomic mass is 9.93. The van der Waals surface area contributed by atoms with E-state index in [2.05, 4.69) is 54.2 Å². The van der Waals surface area contributed by atoms with Gasteiger partial charge in [-0.2, -0.15) is 4.58 Å². The van der Waals surface area contributed by atoms with Gasteiger partial charge >= 0.3 is 0 Å². The molecule has 0 saturated carbocycles. The Labute approximate surface area is 279 Å². The number of hydrogen-bond acceptors (Lipinski definition) is 3. The van der Waals surface area contributed by atoms with E-state index >= 15 is 4.39 Å². The minimum Gasteiger partial charge on any atom is -0.456 e. The molecule has 0 atom stereocenters. The molecule has 0 bridgehead atoms. The molecular formula is C39H37Cl2FN3O+. The molecule has 4 aromatic carbocycles. The highest BCUT2D eigenvalue weighted by Gasteiger charge is 2.23. The summed E-state index contributed by atoms with van der Waals surface area (Å²) in [7, 11) is 0. The number of nitrogens with zero attached hydrogens (tertiary/aromatic N) is 3. The molecule has 1 aliphatic carbocycles. The molecule has 1 heterocycles. The summed E-state index contributed by atoms with van der Waals surface area (Å²) in [5, 5.41) is 3.19. The van der Waals surface area contributed by atoms with E-state index < -0.39 is 0 Å². The molecular weight excluding hydrogens is 616 g/mol. The van der Waals surface area contributed by atoms with Gasteiger partial charge in [-0.25, -0.2) is 4.39 Å². The van der Waals surface area contributed by atoms with Crippen LogP contribution in [0.1, 0.15) is 27.7 Å². The molecule has 46 heavy (non-hydrogen) atoms. The molecule has 0 aromatic heterocycles. The maximum atomic E-state index is 16.2. The van der Waals surface area contributed by atoms with Crippen LogP contribution in [0, 0.1) is 5.82 Å². The first-order chi connectivity index (χ1) is 22.3. The summed E-state index contributed by atoms with van der Waals surface area (Å²) in [5.41, 5.74) is 6.74. The van der Waals surface area contributed by atoms with Crippen LogP contribution >= 0.6 is 23.2 Å². The van der Waals surface area contributed by atoms with Crippen molar-refractivity contribution in [1.82, 2.24) is 4.58 Å². The Morgan fingerprint density at radius 2 is 1.28 bits per heavy atom. The predicted octanol–water partition coefficient (Wildman–Crippen LogP) is 10.8. The number of hydrogen-bond donors (Lipinski definition) is 0. The van der Waals surface area contributed by atoms with Gasteiger partial charge in [0.05, 0.1) is 6.07 Å². The largest absolute Gasteiger partial charge is 0.456 e. The Morgan fingerprint density at radius 3 is 1.91 bits per heavy atom. The molecule has 4 aromatic rings. The number of benzene rings is 5. The molecule has 1 aliphatic heterocycles. The van der Waals surface area contributed by atoms with Crippen LogP contribution in [0.3, 0.4) is 0 Å². The second kappa shape index (κ2) is 13.6. The van der Waals surface area contributed by atoms with E-state index in [-0.39, 0.29) is 5.82 Å². The van der Waals surface area contributed by atoms with Crippen molar-refractivity contribution < 1.29 is 8.81 Å². The number of fused-ring (bicyclic) bond motifs is 2. The smallest absolute Gasteiger partial charge is 0.209 e. The summed E-state index contributed by atoms with van der Waals surface area (Å²) < 4.78 is 25.1. The molecule has 0 fully saturated rings. The zero-order valence-corrected chi connectivity index (χ0v) is 28.0. The quantitative estimate of drug-likeness (QED) is 0.115. The summed E-state index contributed by atoms with van der Waals surface area (Å²) in [5.74, 6) is 0.408. The van der Waals surface area contributed by atoms with Gasteiger partial charge in [-0.1, -0.05) is 23.2 Å². The van der Waals surface area contributed by atoms with Gasteiger partial charge in [0, 0.05) is 93.1 Å². The lowest BCUT2D eigenvalue weighted by Crippen LogP contribution is -2.25. The number of halogens is 3. The van der Waals surface area contributed by atoms with E-state index in [9.17, 15) is 0 Å². The fourth-order valence-corrected chi connectivity index (χ4v) is 6.51. The van der Waals surface area contributed by atoms with Crippen LogP contribution in [-0.4, -0.2) is 26.2 Å². The zero-order valence-electron chi connectivity index (χ0n) is 26.5. The molecule has 0 saturated heterocycles. The molecule has 234 valence electrons. The lowest BCUT2D eigenvalue weighted by Gasteiger charge is -2.24. The maximum Gasteiger partial charge on any atom is 0.209 e. The highest BCUT2D eigenvalue weighted by Crippen LogP contribution is 2.43. The first kappa shape index (κ1) is 31.7. The van der Waals surface area contributed by atoms with Gasteiger partial charge in [0.1, 0.15) is 23.7 Å². The van der Waals surface area contributed by atoms with Crippen molar-refractivity contribution >= 4 is 56.9 Å². The average molecular weight is 654 g/mol. The summed E-state index contributed by atoms with van der Waals surface area (Å²) in [6.07, 6.45) is 0. The van der Waals surface area contributed by atoms with E-state index in [4.69, 9.17) is 27.6 Å². The van der Waals surface area contributed by atoms with E-state index in [1.807, 2.05) is 84.9 Å². The molecule has 4 nitrogen and oxygen atoms in total. The van der Waals surface area contributed by atoms with E-state index in [0.717, 1.165) is 70.8 Å². The van der Waals surface area contributed by atoms with Crippen LogP contribution in [0.2, 0.25) is 10.0 Å². The van der Waals surface area contributed by atoms with Crippen molar-refractivity contribution in [3.8, 4) is 22.5 Å². The van der Waals surface area contributed by atoms with Crippen LogP contribution in [0.15, 0.2) is 108 Å². The fraction of sp³-hybridized carbons (Fsp3) is 0.205. The topological polar surface area (TPSA) is 22.6 Å². The maximum absolute atomic E-state index is 16.2. The van der Waals surface area contributed by atoms with Gasteiger partial charge in [-0.15, -0.1) is 0 Å². The van der Waals surface area contributed by atoms with Crippen LogP contribution < -0.4 is 19.7 Å². The van der Waals surface area contributed by atoms with Gasteiger partial charge in [0.2, 0.25) is 11.0 Å². The van der Waals surface area contributed by atoms with Crippen molar-refractivity contribution in [2.75, 3.05) is 36.0 Å². The standard InChI is InChI=1S/C39H37Cl2FN3O/c1-5-43(6-2)30-17-20-33(36(42)23-30)39-34-21-18-31(44(7-3)28-13-9-26(40)10-14-28)24-37(34)46-38-25-32(19-22-35(38)39)45(8-4)29-15-11-27(41)12-16-29/h9-25H,5-8H2,1-4H3/q+1. The van der Waals surface area contributed by atoms with Crippen molar-refractivity contribution in [1.29, 1.82) is 0 Å². The molecule has 0 amide bonds. The normalized spacial score (nSPS) is 12.1. The van der Waals surface area contributed by atoms with Crippen LogP contribution in [0.5, 0.6) is 0 Å². The van der Waals surface area contributed by atoms with Crippen molar-refractivity contribution in [2.24, 2.45) is 0 Å². The second-order valence-corrected chi connectivity index (χ2v) is 12.0. The molecule has 0 N–H and O–H groups in total. The third-order valence-corrected chi connectivity index (χ3v) is 9.08. The third-order valence-electron chi connectivity index (χ3n) is 8.57. The minimum atomic E-state index is -0.265. The SMILES string of the molecule is CCN(CC)c1ccc(-c2c3ccc(=[N+](CC)c4ccc(Cl)cc4)cc-3oc3cc(N(CC)c4ccc(Cl)cc4)ccc23)c(F)c1. The summed E-state index contributed by atoms with van der Waals surface area (Å²) in [6, 6.07) is 33.5. The van der Waals surface area contributed by atoms with Gasteiger partial charge in [0.15, 0.2) is 0 Å². The predicted molar refractivity (Wildman–Crippen MR) is 193 cm³/mol. The van der Waals surface area contributed by atoms with Gasteiger partial charge < -0.3 is 14.2 Å². The Kier molecular flexibility index (Phi) is 9.34. The first-order valence-electron chi connectivity index (χ1n) is 15.8. The summed E-state index contributed by atoms with van der Waals surface area (Å²) in [6.45, 7) is 11.5. The highest BCUT2D eigenvalue weighted by molar-refractivity contribution is 6.30. The monoisotopic (exact) mass is 652 g/mol. The van der Waals surface area contributed by atoms with Crippen LogP contribution in [-0.2, 0) is 0 Å². The van der Waals surface area contributed by atoms with Gasteiger partial charge in [0.25, 0.3) is 0 Å². The van der Waals surface area contributed by atoms with E-state index in [0.29, 0.717) is 27.0 Å². The second-order valence-electron chi connectivity index (χ2n) is 11.1. The molecule has 2 aliphatic rings. The lowest BCUT2D eigenvalue weighted by molar-refractivity contribution is 0.615. The highest BCUT2D eigenvalue weighted by atomic mass is 35.5. The third kappa shape index (κ3) is 6.10. The van der Waals surface area contributed by atoms with Gasteiger partial charge in [-0.05, 0) is 100 Å². The summed E-state index contributed by atoms with van der Waals surface area (Å²) in [4.78, 5) is 4.35. The zero-order chi connectivity index (χ0) is 32.4. The Morgan fingerprint density at radius 1 is 0.652 bits per heavy atom. The summed E-state index contributed by atoms with van der Waals surface area (Å²) >= 11 is 12.4. The van der Waals surface area contributed by atoms with Crippen LogP contribution in [0.4, 0.5) is 27.1 Å². The molecule has 7 heteroatoms. The van der Waals surface area contributed by atoms with Crippen molar-refractivity contribution in [3.63, 3.8) is 0 Å². The van der Waals surface area contributed by atoms with Crippen molar-refractivity contribution in [3.05, 3.63) is 124 Å². The van der Waals surface area contributed by atoms with Crippen molar-refractivity contribution in [2.45, 2.75) is 27.7 Å². The van der Waals surface area contributed by atoms with Crippen LogP contribution in [0.25, 0.3) is 33.4 Å². The molecule has 0 radical (unpaired) electrons. The minimum absolute atomic E-state index is 0.265. The average Bonchev–Trinajstić information content (AvgIpc) is 3.07. The number of anilines is 3. The number of rotatable bonds is 9. The Hall–Kier alpha value is -4.32. The van der Waals surface area contributed by atoms with E-state index in [1.165, 1.54) is 0 Å². The molecule has 0 spiro atoms. The fourth-order valence-electron chi connectivity index (χ4n) is 6.26. The first-order valence-corrected chi connectivity index (χ1v) is 16.5. The Balaban J connectivity index is 1.61.